The van der Waals surface area contributed by atoms with Crippen LogP contribution in [-0.2, 0) is 17.9 Å². The number of rotatable bonds is 6. The van der Waals surface area contributed by atoms with Crippen LogP contribution in [-0.4, -0.2) is 18.6 Å². The third-order valence-electron chi connectivity index (χ3n) is 3.60. The zero-order valence-corrected chi connectivity index (χ0v) is 11.3. The summed E-state index contributed by atoms with van der Waals surface area (Å²) in [5.41, 5.74) is 2.25. The van der Waals surface area contributed by atoms with E-state index in [-0.39, 0.29) is 0 Å². The van der Waals surface area contributed by atoms with Crippen molar-refractivity contribution >= 4 is 0 Å². The third kappa shape index (κ3) is 4.39. The predicted molar refractivity (Wildman–Crippen MR) is 73.2 cm³/mol. The molecule has 100 valence electrons. The first-order chi connectivity index (χ1) is 8.88. The lowest BCUT2D eigenvalue weighted by atomic mass is 9.90. The van der Waals surface area contributed by atoms with E-state index in [0.717, 1.165) is 24.8 Å². The SMILES string of the molecule is CNCc1ccc(COCC2CCCCC2)nc1. The highest BCUT2D eigenvalue weighted by Crippen LogP contribution is 2.23. The van der Waals surface area contributed by atoms with Crippen molar-refractivity contribution < 1.29 is 4.74 Å². The average molecular weight is 248 g/mol. The highest BCUT2D eigenvalue weighted by atomic mass is 16.5. The standard InChI is InChI=1S/C15H24N2O/c1-16-9-14-7-8-15(17-10-14)12-18-11-13-5-3-2-4-6-13/h7-8,10,13,16H,2-6,9,11-12H2,1H3. The fourth-order valence-electron chi connectivity index (χ4n) is 2.53. The summed E-state index contributed by atoms with van der Waals surface area (Å²) in [6.45, 7) is 2.42. The van der Waals surface area contributed by atoms with E-state index in [9.17, 15) is 0 Å². The average Bonchev–Trinajstić information content (AvgIpc) is 2.42. The predicted octanol–water partition coefficient (Wildman–Crippen LogP) is 2.90. The molecule has 0 aromatic carbocycles. The Morgan fingerprint density at radius 3 is 2.78 bits per heavy atom. The van der Waals surface area contributed by atoms with E-state index in [1.54, 1.807) is 0 Å². The Morgan fingerprint density at radius 2 is 2.11 bits per heavy atom. The molecule has 0 spiro atoms. The first-order valence-corrected chi connectivity index (χ1v) is 7.04. The van der Waals surface area contributed by atoms with E-state index in [1.807, 2.05) is 13.2 Å². The normalized spacial score (nSPS) is 16.9. The first kappa shape index (κ1) is 13.5. The molecule has 0 amide bonds. The maximum Gasteiger partial charge on any atom is 0.0887 e. The Labute approximate surface area is 110 Å². The van der Waals surface area contributed by atoms with Crippen LogP contribution in [0.5, 0.6) is 0 Å². The number of nitrogens with zero attached hydrogens (tertiary/aromatic N) is 1. The van der Waals surface area contributed by atoms with E-state index in [2.05, 4.69) is 22.4 Å². The van der Waals surface area contributed by atoms with E-state index in [1.165, 1.54) is 37.7 Å². The van der Waals surface area contributed by atoms with Gasteiger partial charge in [0.1, 0.15) is 0 Å². The van der Waals surface area contributed by atoms with Crippen LogP contribution in [0, 0.1) is 5.92 Å². The molecule has 0 aliphatic heterocycles. The zero-order chi connectivity index (χ0) is 12.6. The Morgan fingerprint density at radius 1 is 1.28 bits per heavy atom. The maximum absolute atomic E-state index is 5.78. The smallest absolute Gasteiger partial charge is 0.0887 e. The van der Waals surface area contributed by atoms with E-state index >= 15 is 0 Å². The molecule has 3 heteroatoms. The second-order valence-corrected chi connectivity index (χ2v) is 5.21. The van der Waals surface area contributed by atoms with Crippen LogP contribution in [0.4, 0.5) is 0 Å². The van der Waals surface area contributed by atoms with Gasteiger partial charge >= 0.3 is 0 Å². The van der Waals surface area contributed by atoms with Gasteiger partial charge in [0, 0.05) is 19.3 Å². The number of hydrogen-bond acceptors (Lipinski definition) is 3. The molecule has 1 heterocycles. The van der Waals surface area contributed by atoms with Crippen molar-refractivity contribution in [3.8, 4) is 0 Å². The van der Waals surface area contributed by atoms with Crippen LogP contribution >= 0.6 is 0 Å². The third-order valence-corrected chi connectivity index (χ3v) is 3.60. The molecule has 0 bridgehead atoms. The van der Waals surface area contributed by atoms with Crippen molar-refractivity contribution in [2.45, 2.75) is 45.3 Å². The number of pyridine rings is 1. The Bertz CT molecular complexity index is 331. The molecule has 1 saturated carbocycles. The van der Waals surface area contributed by atoms with Crippen molar-refractivity contribution in [1.29, 1.82) is 0 Å². The topological polar surface area (TPSA) is 34.1 Å². The van der Waals surface area contributed by atoms with Crippen LogP contribution in [0.25, 0.3) is 0 Å². The molecular weight excluding hydrogens is 224 g/mol. The lowest BCUT2D eigenvalue weighted by molar-refractivity contribution is 0.0720. The molecule has 3 nitrogen and oxygen atoms in total. The summed E-state index contributed by atoms with van der Waals surface area (Å²) in [5, 5.41) is 3.12. The summed E-state index contributed by atoms with van der Waals surface area (Å²) in [4.78, 5) is 4.41. The van der Waals surface area contributed by atoms with Gasteiger partial charge in [-0.25, -0.2) is 0 Å². The van der Waals surface area contributed by atoms with Crippen molar-refractivity contribution in [3.05, 3.63) is 29.6 Å². The summed E-state index contributed by atoms with van der Waals surface area (Å²) in [7, 11) is 1.95. The quantitative estimate of drug-likeness (QED) is 0.840. The summed E-state index contributed by atoms with van der Waals surface area (Å²) < 4.78 is 5.78. The minimum Gasteiger partial charge on any atom is -0.375 e. The fourth-order valence-corrected chi connectivity index (χ4v) is 2.53. The Hall–Kier alpha value is -0.930. The summed E-state index contributed by atoms with van der Waals surface area (Å²) in [5.74, 6) is 0.780. The minimum atomic E-state index is 0.649. The van der Waals surface area contributed by atoms with Gasteiger partial charge in [-0.2, -0.15) is 0 Å². The van der Waals surface area contributed by atoms with Crippen molar-refractivity contribution in [3.63, 3.8) is 0 Å². The van der Waals surface area contributed by atoms with E-state index in [0.29, 0.717) is 6.61 Å². The van der Waals surface area contributed by atoms with Gasteiger partial charge < -0.3 is 10.1 Å². The lowest BCUT2D eigenvalue weighted by Crippen LogP contribution is -2.13. The second-order valence-electron chi connectivity index (χ2n) is 5.21. The Kier molecular flexibility index (Phi) is 5.62. The van der Waals surface area contributed by atoms with Gasteiger partial charge in [-0.1, -0.05) is 25.3 Å². The molecule has 1 aliphatic carbocycles. The minimum absolute atomic E-state index is 0.649. The van der Waals surface area contributed by atoms with Gasteiger partial charge in [0.05, 0.1) is 12.3 Å². The molecule has 0 atom stereocenters. The molecule has 1 aromatic heterocycles. The molecule has 0 saturated heterocycles. The number of aromatic nitrogens is 1. The van der Waals surface area contributed by atoms with Crippen molar-refractivity contribution in [2.24, 2.45) is 5.92 Å². The number of ether oxygens (including phenoxy) is 1. The van der Waals surface area contributed by atoms with Crippen LogP contribution in [0.1, 0.15) is 43.4 Å². The molecular formula is C15H24N2O. The van der Waals surface area contributed by atoms with Crippen molar-refractivity contribution in [1.82, 2.24) is 10.3 Å². The lowest BCUT2D eigenvalue weighted by Gasteiger charge is -2.21. The largest absolute Gasteiger partial charge is 0.375 e. The molecule has 1 N–H and O–H groups in total. The molecule has 1 aliphatic rings. The number of nitrogens with one attached hydrogen (secondary N) is 1. The molecule has 2 rings (SSSR count). The zero-order valence-electron chi connectivity index (χ0n) is 11.3. The maximum atomic E-state index is 5.78. The van der Waals surface area contributed by atoms with Crippen molar-refractivity contribution in [2.75, 3.05) is 13.7 Å². The second kappa shape index (κ2) is 7.49. The molecule has 18 heavy (non-hydrogen) atoms. The van der Waals surface area contributed by atoms with Gasteiger partial charge in [0.25, 0.3) is 0 Å². The molecule has 0 radical (unpaired) electrons. The van der Waals surface area contributed by atoms with E-state index < -0.39 is 0 Å². The van der Waals surface area contributed by atoms with Crippen LogP contribution < -0.4 is 5.32 Å². The van der Waals surface area contributed by atoms with E-state index in [4.69, 9.17) is 4.74 Å². The monoisotopic (exact) mass is 248 g/mol. The summed E-state index contributed by atoms with van der Waals surface area (Å²) >= 11 is 0. The van der Waals surface area contributed by atoms with Crippen LogP contribution in [0.2, 0.25) is 0 Å². The Balaban J connectivity index is 1.69. The fraction of sp³-hybridized carbons (Fsp3) is 0.667. The summed E-state index contributed by atoms with van der Waals surface area (Å²) in [6, 6.07) is 4.18. The first-order valence-electron chi connectivity index (χ1n) is 7.04. The highest BCUT2D eigenvalue weighted by Gasteiger charge is 2.13. The van der Waals surface area contributed by atoms with Crippen LogP contribution in [0.15, 0.2) is 18.3 Å². The van der Waals surface area contributed by atoms with Gasteiger partial charge in [-0.15, -0.1) is 0 Å². The summed E-state index contributed by atoms with van der Waals surface area (Å²) in [6.07, 6.45) is 8.78. The van der Waals surface area contributed by atoms with Gasteiger partial charge in [-0.3, -0.25) is 4.98 Å². The number of hydrogen-bond donors (Lipinski definition) is 1. The highest BCUT2D eigenvalue weighted by molar-refractivity contribution is 5.13. The molecule has 1 aromatic rings. The van der Waals surface area contributed by atoms with Gasteiger partial charge in [0.15, 0.2) is 0 Å². The van der Waals surface area contributed by atoms with Crippen LogP contribution in [0.3, 0.4) is 0 Å². The van der Waals surface area contributed by atoms with Gasteiger partial charge in [0.2, 0.25) is 0 Å². The molecule has 1 fully saturated rings. The molecule has 0 unspecified atom stereocenters. The van der Waals surface area contributed by atoms with Gasteiger partial charge in [-0.05, 0) is 37.4 Å².